The summed E-state index contributed by atoms with van der Waals surface area (Å²) in [6.07, 6.45) is 1.80. The molecule has 96 valence electrons. The fraction of sp³-hybridized carbons (Fsp3) is 0.615. The Kier molecular flexibility index (Phi) is 5.94. The number of pyridine rings is 1. The van der Waals surface area contributed by atoms with Crippen molar-refractivity contribution in [1.29, 1.82) is 0 Å². The zero-order valence-corrected chi connectivity index (χ0v) is 11.0. The van der Waals surface area contributed by atoms with E-state index in [1.807, 2.05) is 6.07 Å². The van der Waals surface area contributed by atoms with Crippen LogP contribution in [0.1, 0.15) is 32.4 Å². The lowest BCUT2D eigenvalue weighted by molar-refractivity contribution is 0.302. The van der Waals surface area contributed by atoms with Gasteiger partial charge in [-0.05, 0) is 26.5 Å². The number of hydrogen-bond acceptors (Lipinski definition) is 4. The molecule has 0 saturated carbocycles. The van der Waals surface area contributed by atoms with Crippen molar-refractivity contribution < 1.29 is 5.11 Å². The lowest BCUT2D eigenvalue weighted by atomic mass is 10.1. The van der Waals surface area contributed by atoms with Crippen molar-refractivity contribution in [3.05, 3.63) is 23.9 Å². The van der Waals surface area contributed by atoms with E-state index in [0.717, 1.165) is 18.9 Å². The summed E-state index contributed by atoms with van der Waals surface area (Å²) >= 11 is 0. The summed E-state index contributed by atoms with van der Waals surface area (Å²) < 4.78 is 0. The number of aromatic nitrogens is 1. The third kappa shape index (κ3) is 3.68. The molecular formula is C13H23N3O. The van der Waals surface area contributed by atoms with E-state index in [9.17, 15) is 0 Å². The Labute approximate surface area is 104 Å². The molecule has 0 aliphatic heterocycles. The molecule has 1 aromatic rings. The van der Waals surface area contributed by atoms with E-state index in [4.69, 9.17) is 5.11 Å². The third-order valence-corrected chi connectivity index (χ3v) is 2.84. The molecule has 0 radical (unpaired) electrons. The van der Waals surface area contributed by atoms with Gasteiger partial charge in [0.1, 0.15) is 5.82 Å². The Bertz CT molecular complexity index is 330. The smallest absolute Gasteiger partial charge is 0.133 e. The van der Waals surface area contributed by atoms with Gasteiger partial charge in [0, 0.05) is 30.9 Å². The average molecular weight is 237 g/mol. The van der Waals surface area contributed by atoms with Crippen LogP contribution in [0.25, 0.3) is 0 Å². The van der Waals surface area contributed by atoms with Gasteiger partial charge in [0.05, 0.1) is 6.61 Å². The van der Waals surface area contributed by atoms with Gasteiger partial charge in [-0.2, -0.15) is 0 Å². The maximum Gasteiger partial charge on any atom is 0.133 e. The summed E-state index contributed by atoms with van der Waals surface area (Å²) in [5.74, 6) is 0.970. The number of nitrogens with zero attached hydrogens (tertiary/aromatic N) is 2. The van der Waals surface area contributed by atoms with Crippen molar-refractivity contribution >= 4 is 5.82 Å². The largest absolute Gasteiger partial charge is 0.395 e. The monoisotopic (exact) mass is 237 g/mol. The van der Waals surface area contributed by atoms with E-state index in [1.54, 1.807) is 6.20 Å². The van der Waals surface area contributed by atoms with Crippen molar-refractivity contribution in [1.82, 2.24) is 10.3 Å². The molecule has 0 spiro atoms. The van der Waals surface area contributed by atoms with Gasteiger partial charge in [-0.3, -0.25) is 0 Å². The lowest BCUT2D eigenvalue weighted by Crippen LogP contribution is -2.30. The number of anilines is 1. The van der Waals surface area contributed by atoms with Gasteiger partial charge in [-0.25, -0.2) is 4.98 Å². The first-order valence-corrected chi connectivity index (χ1v) is 6.28. The highest BCUT2D eigenvalue weighted by molar-refractivity contribution is 5.48. The van der Waals surface area contributed by atoms with Crippen LogP contribution < -0.4 is 10.2 Å². The number of rotatable bonds is 7. The fourth-order valence-electron chi connectivity index (χ4n) is 1.96. The van der Waals surface area contributed by atoms with Crippen LogP contribution in [-0.4, -0.2) is 36.3 Å². The molecule has 2 N–H and O–H groups in total. The Morgan fingerprint density at radius 1 is 1.47 bits per heavy atom. The molecule has 1 unspecified atom stereocenters. The fourth-order valence-corrected chi connectivity index (χ4v) is 1.96. The maximum absolute atomic E-state index is 9.08. The SMILES string of the molecule is CCNC(C)c1cccnc1N(CC)CCO. The van der Waals surface area contributed by atoms with Crippen LogP contribution in [0.5, 0.6) is 0 Å². The van der Waals surface area contributed by atoms with E-state index in [1.165, 1.54) is 5.56 Å². The van der Waals surface area contributed by atoms with Crippen LogP contribution in [0, 0.1) is 0 Å². The second-order valence-corrected chi connectivity index (χ2v) is 4.00. The van der Waals surface area contributed by atoms with Crippen LogP contribution in [-0.2, 0) is 0 Å². The summed E-state index contributed by atoms with van der Waals surface area (Å²) in [5, 5.41) is 12.5. The molecular weight excluding hydrogens is 214 g/mol. The molecule has 0 aromatic carbocycles. The molecule has 17 heavy (non-hydrogen) atoms. The molecule has 0 fully saturated rings. The number of aliphatic hydroxyl groups excluding tert-OH is 1. The van der Waals surface area contributed by atoms with Crippen molar-refractivity contribution in [3.8, 4) is 0 Å². The number of aliphatic hydroxyl groups is 1. The quantitative estimate of drug-likeness (QED) is 0.756. The molecule has 4 nitrogen and oxygen atoms in total. The Morgan fingerprint density at radius 2 is 2.24 bits per heavy atom. The first-order valence-electron chi connectivity index (χ1n) is 6.28. The van der Waals surface area contributed by atoms with E-state index in [0.29, 0.717) is 6.54 Å². The Hall–Kier alpha value is -1.13. The lowest BCUT2D eigenvalue weighted by Gasteiger charge is -2.25. The van der Waals surface area contributed by atoms with Crippen LogP contribution in [0.15, 0.2) is 18.3 Å². The molecule has 4 heteroatoms. The highest BCUT2D eigenvalue weighted by atomic mass is 16.3. The highest BCUT2D eigenvalue weighted by Crippen LogP contribution is 2.23. The molecule has 0 aliphatic carbocycles. The van der Waals surface area contributed by atoms with Crippen molar-refractivity contribution in [3.63, 3.8) is 0 Å². The summed E-state index contributed by atoms with van der Waals surface area (Å²) in [7, 11) is 0. The van der Waals surface area contributed by atoms with E-state index < -0.39 is 0 Å². The first-order chi connectivity index (χ1) is 8.24. The number of hydrogen-bond donors (Lipinski definition) is 2. The highest BCUT2D eigenvalue weighted by Gasteiger charge is 2.14. The zero-order chi connectivity index (χ0) is 12.7. The molecule has 1 heterocycles. The van der Waals surface area contributed by atoms with Gasteiger partial charge in [-0.1, -0.05) is 13.0 Å². The van der Waals surface area contributed by atoms with Gasteiger partial charge in [0.25, 0.3) is 0 Å². The van der Waals surface area contributed by atoms with Gasteiger partial charge < -0.3 is 15.3 Å². The average Bonchev–Trinajstić information content (AvgIpc) is 2.36. The summed E-state index contributed by atoms with van der Waals surface area (Å²) in [5.41, 5.74) is 1.18. The molecule has 0 saturated heterocycles. The van der Waals surface area contributed by atoms with Gasteiger partial charge in [-0.15, -0.1) is 0 Å². The van der Waals surface area contributed by atoms with E-state index >= 15 is 0 Å². The van der Waals surface area contributed by atoms with Gasteiger partial charge >= 0.3 is 0 Å². The normalized spacial score (nSPS) is 12.5. The van der Waals surface area contributed by atoms with Crippen molar-refractivity contribution in [2.45, 2.75) is 26.8 Å². The second-order valence-electron chi connectivity index (χ2n) is 4.00. The first kappa shape index (κ1) is 13.9. The van der Waals surface area contributed by atoms with Crippen molar-refractivity contribution in [2.75, 3.05) is 31.1 Å². The van der Waals surface area contributed by atoms with Crippen molar-refractivity contribution in [2.24, 2.45) is 0 Å². The van der Waals surface area contributed by atoms with E-state index in [2.05, 4.69) is 42.0 Å². The molecule has 0 amide bonds. The minimum absolute atomic E-state index is 0.152. The molecule has 0 bridgehead atoms. The third-order valence-electron chi connectivity index (χ3n) is 2.84. The van der Waals surface area contributed by atoms with Gasteiger partial charge in [0.2, 0.25) is 0 Å². The standard InChI is InChI=1S/C13H23N3O/c1-4-14-11(3)12-7-6-8-15-13(12)16(5-2)9-10-17/h6-8,11,14,17H,4-5,9-10H2,1-3H3. The predicted molar refractivity (Wildman–Crippen MR) is 71.3 cm³/mol. The Balaban J connectivity index is 2.96. The molecule has 0 aliphatic rings. The van der Waals surface area contributed by atoms with Crippen LogP contribution in [0.3, 0.4) is 0 Å². The topological polar surface area (TPSA) is 48.4 Å². The number of nitrogens with one attached hydrogen (secondary N) is 1. The van der Waals surface area contributed by atoms with E-state index in [-0.39, 0.29) is 12.6 Å². The molecule has 1 rings (SSSR count). The summed E-state index contributed by atoms with van der Waals surface area (Å²) in [6, 6.07) is 4.33. The molecule has 1 atom stereocenters. The maximum atomic E-state index is 9.08. The number of likely N-dealkylation sites (N-methyl/N-ethyl adjacent to an activating group) is 1. The summed E-state index contributed by atoms with van der Waals surface area (Å²) in [4.78, 5) is 6.55. The minimum Gasteiger partial charge on any atom is -0.395 e. The van der Waals surface area contributed by atoms with Gasteiger partial charge in [0.15, 0.2) is 0 Å². The van der Waals surface area contributed by atoms with Crippen LogP contribution in [0.4, 0.5) is 5.82 Å². The van der Waals surface area contributed by atoms with Crippen LogP contribution in [0.2, 0.25) is 0 Å². The molecule has 1 aromatic heterocycles. The zero-order valence-electron chi connectivity index (χ0n) is 11.0. The predicted octanol–water partition coefficient (Wildman–Crippen LogP) is 1.57. The second kappa shape index (κ2) is 7.25. The Morgan fingerprint density at radius 3 is 2.82 bits per heavy atom. The van der Waals surface area contributed by atoms with Crippen LogP contribution >= 0.6 is 0 Å². The minimum atomic E-state index is 0.152. The summed E-state index contributed by atoms with van der Waals surface area (Å²) in [6.45, 7) is 8.87.